The molecule has 14 rings (SSSR count). The lowest BCUT2D eigenvalue weighted by molar-refractivity contribution is 0.590. The van der Waals surface area contributed by atoms with E-state index in [4.69, 9.17) is 0 Å². The highest BCUT2D eigenvalue weighted by Crippen LogP contribution is 2.55. The molecule has 77 heavy (non-hydrogen) atoms. The van der Waals surface area contributed by atoms with Crippen molar-refractivity contribution in [2.24, 2.45) is 0 Å². The maximum Gasteiger partial charge on any atom is 0.264 e. The Hall–Kier alpha value is -7.38. The second kappa shape index (κ2) is 16.8. The number of hydrogen-bond donors (Lipinski definition) is 0. The third-order valence-electron chi connectivity index (χ3n) is 17.1. The van der Waals surface area contributed by atoms with Crippen molar-refractivity contribution in [3.05, 3.63) is 216 Å². The van der Waals surface area contributed by atoms with Crippen LogP contribution >= 0.6 is 22.7 Å². The van der Waals surface area contributed by atoms with E-state index in [2.05, 4.69) is 279 Å². The van der Waals surface area contributed by atoms with Gasteiger partial charge in [0.15, 0.2) is 0 Å². The minimum Gasteiger partial charge on any atom is -0.311 e. The predicted octanol–water partition coefficient (Wildman–Crippen LogP) is 19.0. The highest BCUT2D eigenvalue weighted by atomic mass is 32.1. The largest absolute Gasteiger partial charge is 0.311 e. The fourth-order valence-corrected chi connectivity index (χ4v) is 15.5. The fourth-order valence-electron chi connectivity index (χ4n) is 13.0. The predicted molar refractivity (Wildman–Crippen MR) is 337 cm³/mol. The number of nitrogens with zero attached hydrogens (tertiary/aromatic N) is 3. The SMILES string of the molecule is CC(C)(C)c1ccc(N(c2ccc(C(C)(C)C)cc2)c2ccc3c(c2)N(c2cccc4sc5ccccc5c24)c2cccc4c2B3c2sc3cc5c(cc3c2N4c2ccc(C(C)(C)C)cc2)-c2ccccc2C5(C)C)cc1. The first-order valence-corrected chi connectivity index (χ1v) is 29.1. The van der Waals surface area contributed by atoms with Crippen LogP contribution in [0.1, 0.15) is 104 Å². The lowest BCUT2D eigenvalue weighted by atomic mass is 9.36. The lowest BCUT2D eigenvalue weighted by Gasteiger charge is -2.43. The van der Waals surface area contributed by atoms with E-state index in [0.717, 1.165) is 17.1 Å². The van der Waals surface area contributed by atoms with Crippen molar-refractivity contribution in [1.29, 1.82) is 0 Å². The zero-order valence-corrected chi connectivity index (χ0v) is 47.8. The minimum absolute atomic E-state index is 0.0235. The Bertz CT molecular complexity index is 4140. The first-order valence-electron chi connectivity index (χ1n) is 27.4. The summed E-state index contributed by atoms with van der Waals surface area (Å²) in [5.41, 5.74) is 22.8. The Kier molecular flexibility index (Phi) is 10.5. The van der Waals surface area contributed by atoms with Crippen LogP contribution in [0.5, 0.6) is 0 Å². The second-order valence-corrected chi connectivity index (χ2v) is 27.6. The van der Waals surface area contributed by atoms with E-state index >= 15 is 0 Å². The van der Waals surface area contributed by atoms with Gasteiger partial charge in [-0.05, 0) is 157 Å². The van der Waals surface area contributed by atoms with E-state index in [9.17, 15) is 0 Å². The van der Waals surface area contributed by atoms with Gasteiger partial charge in [0.1, 0.15) is 0 Å². The molecule has 11 aromatic rings. The van der Waals surface area contributed by atoms with E-state index in [1.807, 2.05) is 22.7 Å². The van der Waals surface area contributed by atoms with E-state index in [0.29, 0.717) is 0 Å². The van der Waals surface area contributed by atoms with Gasteiger partial charge in [0.25, 0.3) is 6.71 Å². The number of thiophene rings is 2. The summed E-state index contributed by atoms with van der Waals surface area (Å²) in [6.07, 6.45) is 0. The Balaban J connectivity index is 1.06. The molecule has 0 saturated heterocycles. The van der Waals surface area contributed by atoms with Crippen molar-refractivity contribution in [2.75, 3.05) is 14.7 Å². The monoisotopic (exact) mass is 1030 g/mol. The molecule has 0 spiro atoms. The summed E-state index contributed by atoms with van der Waals surface area (Å²) >= 11 is 3.88. The third-order valence-corrected chi connectivity index (χ3v) is 19.5. The third kappa shape index (κ3) is 7.35. The summed E-state index contributed by atoms with van der Waals surface area (Å²) < 4.78 is 5.31. The van der Waals surface area contributed by atoms with Crippen LogP contribution in [0.3, 0.4) is 0 Å². The topological polar surface area (TPSA) is 9.72 Å². The first-order chi connectivity index (χ1) is 36.8. The Morgan fingerprint density at radius 3 is 1.65 bits per heavy atom. The van der Waals surface area contributed by atoms with Gasteiger partial charge in [-0.25, -0.2) is 0 Å². The molecule has 0 unspecified atom stereocenters. The molecule has 0 atom stereocenters. The molecule has 2 aliphatic heterocycles. The minimum atomic E-state index is -0.115. The fraction of sp³-hybridized carbons (Fsp3) is 0.211. The van der Waals surface area contributed by atoms with Gasteiger partial charge >= 0.3 is 0 Å². The highest BCUT2D eigenvalue weighted by Gasteiger charge is 2.46. The smallest absolute Gasteiger partial charge is 0.264 e. The summed E-state index contributed by atoms with van der Waals surface area (Å²) in [7, 11) is 0. The van der Waals surface area contributed by atoms with Crippen LogP contribution in [0.2, 0.25) is 0 Å². The average Bonchev–Trinajstić information content (AvgIpc) is 4.08. The van der Waals surface area contributed by atoms with Crippen LogP contribution in [0.25, 0.3) is 41.4 Å². The van der Waals surface area contributed by atoms with Gasteiger partial charge in [-0.15, -0.1) is 22.7 Å². The van der Waals surface area contributed by atoms with Crippen LogP contribution in [0.4, 0.5) is 51.2 Å². The summed E-state index contributed by atoms with van der Waals surface area (Å²) in [5.74, 6) is 0. The number of anilines is 9. The van der Waals surface area contributed by atoms with E-state index in [1.54, 1.807) is 0 Å². The number of benzene rings is 9. The highest BCUT2D eigenvalue weighted by molar-refractivity contribution is 7.33. The van der Waals surface area contributed by atoms with Gasteiger partial charge < -0.3 is 14.7 Å². The molecule has 9 aromatic carbocycles. The average molecular weight is 1030 g/mol. The standard InChI is InChI=1S/C71H64BN3S2/c1-68(2,3)43-26-32-46(33-27-43)73(47-34-28-44(29-35-47)69(4,5)6)49-38-39-56-60(40-49)75(57-21-17-25-62-64(57)51-19-13-15-24-61(51)76-62)59-23-16-22-58-65(59)72(56)67-66(74(58)48-36-30-45(31-37-48)70(7,8)9)53-41-52-50-18-12-14-20-54(50)71(10,11)55(52)42-63(53)77-67/h12-42H,1-11H3. The van der Waals surface area contributed by atoms with Crippen LogP contribution < -0.4 is 30.4 Å². The van der Waals surface area contributed by atoms with Gasteiger partial charge in [0, 0.05) is 80.3 Å². The van der Waals surface area contributed by atoms with Gasteiger partial charge in [-0.1, -0.05) is 173 Å². The Morgan fingerprint density at radius 2 is 0.987 bits per heavy atom. The molecule has 378 valence electrons. The maximum absolute atomic E-state index is 2.63. The van der Waals surface area contributed by atoms with Crippen molar-refractivity contribution >= 4 is 127 Å². The number of rotatable bonds is 5. The van der Waals surface area contributed by atoms with Gasteiger partial charge in [0.05, 0.1) is 11.4 Å². The van der Waals surface area contributed by atoms with Crippen molar-refractivity contribution in [3.8, 4) is 11.1 Å². The zero-order valence-electron chi connectivity index (χ0n) is 46.1. The molecule has 3 aliphatic rings. The molecule has 3 nitrogen and oxygen atoms in total. The van der Waals surface area contributed by atoms with Crippen molar-refractivity contribution in [1.82, 2.24) is 0 Å². The molecule has 0 amide bonds. The summed E-state index contributed by atoms with van der Waals surface area (Å²) in [6, 6.07) is 72.6. The molecule has 0 bridgehead atoms. The molecular weight excluding hydrogens is 970 g/mol. The van der Waals surface area contributed by atoms with Crippen LogP contribution in [0.15, 0.2) is 188 Å². The Morgan fingerprint density at radius 1 is 0.429 bits per heavy atom. The van der Waals surface area contributed by atoms with Crippen LogP contribution in [-0.2, 0) is 21.7 Å². The molecule has 0 radical (unpaired) electrons. The van der Waals surface area contributed by atoms with Crippen molar-refractivity contribution < 1.29 is 0 Å². The lowest BCUT2D eigenvalue weighted by Crippen LogP contribution is -2.60. The summed E-state index contributed by atoms with van der Waals surface area (Å²) in [4.78, 5) is 7.73. The first kappa shape index (κ1) is 48.0. The van der Waals surface area contributed by atoms with Gasteiger partial charge in [-0.2, -0.15) is 0 Å². The number of hydrogen-bond acceptors (Lipinski definition) is 5. The molecule has 0 N–H and O–H groups in total. The van der Waals surface area contributed by atoms with E-state index in [1.165, 1.54) is 119 Å². The van der Waals surface area contributed by atoms with Crippen LogP contribution in [0, 0.1) is 0 Å². The second-order valence-electron chi connectivity index (χ2n) is 25.4. The molecule has 0 fully saturated rings. The molecular formula is C71H64BN3S2. The van der Waals surface area contributed by atoms with Crippen LogP contribution in [-0.4, -0.2) is 6.71 Å². The molecule has 2 aromatic heterocycles. The maximum atomic E-state index is 2.63. The van der Waals surface area contributed by atoms with Crippen molar-refractivity contribution in [2.45, 2.75) is 97.8 Å². The normalized spacial score (nSPS) is 14.5. The summed E-state index contributed by atoms with van der Waals surface area (Å²) in [5, 5.41) is 3.89. The van der Waals surface area contributed by atoms with Gasteiger partial charge in [0.2, 0.25) is 0 Å². The Labute approximate surface area is 463 Å². The van der Waals surface area contributed by atoms with Gasteiger partial charge in [-0.3, -0.25) is 0 Å². The molecule has 4 heterocycles. The van der Waals surface area contributed by atoms with E-state index in [-0.39, 0.29) is 28.4 Å². The van der Waals surface area contributed by atoms with E-state index < -0.39 is 0 Å². The molecule has 1 aliphatic carbocycles. The molecule has 0 saturated carbocycles. The summed E-state index contributed by atoms with van der Waals surface area (Å²) in [6.45, 7) is 25.5. The number of fused-ring (bicyclic) bond motifs is 12. The molecule has 6 heteroatoms. The van der Waals surface area contributed by atoms with Crippen molar-refractivity contribution in [3.63, 3.8) is 0 Å². The zero-order chi connectivity index (χ0) is 53.1. The quantitative estimate of drug-likeness (QED) is 0.159.